The van der Waals surface area contributed by atoms with Crippen LogP contribution in [-0.4, -0.2) is 14.9 Å². The topological polar surface area (TPSA) is 47.3 Å². The van der Waals surface area contributed by atoms with E-state index in [0.29, 0.717) is 17.7 Å². The third kappa shape index (κ3) is 2.00. The van der Waals surface area contributed by atoms with Crippen molar-refractivity contribution in [3.8, 4) is 5.75 Å². The van der Waals surface area contributed by atoms with Gasteiger partial charge in [0.2, 0.25) is 0 Å². The smallest absolute Gasteiger partial charge is 0.130 e. The first-order chi connectivity index (χ1) is 9.06. The van der Waals surface area contributed by atoms with Crippen molar-refractivity contribution in [2.24, 2.45) is 7.05 Å². The van der Waals surface area contributed by atoms with Crippen LogP contribution in [0.25, 0.3) is 0 Å². The van der Waals surface area contributed by atoms with Gasteiger partial charge in [0.1, 0.15) is 17.7 Å². The van der Waals surface area contributed by atoms with Crippen LogP contribution in [0.15, 0.2) is 24.4 Å². The van der Waals surface area contributed by atoms with Gasteiger partial charge >= 0.3 is 0 Å². The van der Waals surface area contributed by atoms with Crippen LogP contribution >= 0.6 is 0 Å². The van der Waals surface area contributed by atoms with E-state index in [1.807, 2.05) is 14.0 Å². The maximum Gasteiger partial charge on any atom is 0.130 e. The molecule has 1 aromatic heterocycles. The molecular weight excluding hydrogens is 247 g/mol. The Kier molecular flexibility index (Phi) is 2.78. The molecule has 19 heavy (non-hydrogen) atoms. The maximum absolute atomic E-state index is 13.2. The minimum absolute atomic E-state index is 0.248. The van der Waals surface area contributed by atoms with Gasteiger partial charge in [0.05, 0.1) is 12.3 Å². The average molecular weight is 262 g/mol. The van der Waals surface area contributed by atoms with E-state index < -0.39 is 6.10 Å². The largest absolute Gasteiger partial charge is 0.485 e. The van der Waals surface area contributed by atoms with Crippen LogP contribution in [0.5, 0.6) is 5.75 Å². The number of fused-ring (bicyclic) bond motifs is 1. The molecule has 0 saturated heterocycles. The molecule has 100 valence electrons. The van der Waals surface area contributed by atoms with Crippen LogP contribution in [0.3, 0.4) is 0 Å². The molecule has 1 N–H and O–H groups in total. The Balaban J connectivity index is 1.97. The van der Waals surface area contributed by atoms with E-state index in [1.165, 1.54) is 12.1 Å². The van der Waals surface area contributed by atoms with E-state index in [1.54, 1.807) is 16.9 Å². The van der Waals surface area contributed by atoms with Gasteiger partial charge in [-0.05, 0) is 25.1 Å². The number of aliphatic hydroxyl groups excluding tert-OH is 1. The van der Waals surface area contributed by atoms with E-state index >= 15 is 0 Å². The first kappa shape index (κ1) is 12.2. The van der Waals surface area contributed by atoms with Gasteiger partial charge in [-0.25, -0.2) is 4.39 Å². The number of rotatable bonds is 1. The second-order valence-electron chi connectivity index (χ2n) is 4.85. The lowest BCUT2D eigenvalue weighted by molar-refractivity contribution is 0.0650. The van der Waals surface area contributed by atoms with Gasteiger partial charge < -0.3 is 9.84 Å². The lowest BCUT2D eigenvalue weighted by Crippen LogP contribution is -2.19. The van der Waals surface area contributed by atoms with Crippen molar-refractivity contribution in [1.29, 1.82) is 0 Å². The van der Waals surface area contributed by atoms with Crippen molar-refractivity contribution in [1.82, 2.24) is 9.78 Å². The number of hydrogen-bond acceptors (Lipinski definition) is 3. The van der Waals surface area contributed by atoms with E-state index in [2.05, 4.69) is 5.10 Å². The number of ether oxygens (including phenoxy) is 1. The van der Waals surface area contributed by atoms with Gasteiger partial charge in [0.25, 0.3) is 0 Å². The van der Waals surface area contributed by atoms with Gasteiger partial charge in [-0.1, -0.05) is 0 Å². The van der Waals surface area contributed by atoms with E-state index in [0.717, 1.165) is 11.3 Å². The zero-order valence-electron chi connectivity index (χ0n) is 10.8. The molecule has 0 spiro atoms. The van der Waals surface area contributed by atoms with Crippen molar-refractivity contribution in [3.63, 3.8) is 0 Å². The van der Waals surface area contributed by atoms with Crippen LogP contribution in [0, 0.1) is 12.7 Å². The second-order valence-corrected chi connectivity index (χ2v) is 4.85. The molecule has 3 rings (SSSR count). The van der Waals surface area contributed by atoms with Crippen molar-refractivity contribution >= 4 is 0 Å². The van der Waals surface area contributed by atoms with Gasteiger partial charge in [-0.15, -0.1) is 0 Å². The summed E-state index contributed by atoms with van der Waals surface area (Å²) < 4.78 is 20.8. The number of benzene rings is 1. The van der Waals surface area contributed by atoms with Crippen LogP contribution in [-0.2, 0) is 7.05 Å². The monoisotopic (exact) mass is 262 g/mol. The van der Waals surface area contributed by atoms with Crippen LogP contribution in [0.4, 0.5) is 4.39 Å². The summed E-state index contributed by atoms with van der Waals surface area (Å²) in [6.45, 7) is 1.96. The summed E-state index contributed by atoms with van der Waals surface area (Å²) in [4.78, 5) is 0. The Morgan fingerprint density at radius 2 is 2.21 bits per heavy atom. The quantitative estimate of drug-likeness (QED) is 0.858. The second kappa shape index (κ2) is 4.35. The van der Waals surface area contributed by atoms with Crippen LogP contribution < -0.4 is 4.74 Å². The fraction of sp³-hybridized carbons (Fsp3) is 0.357. The molecule has 0 bridgehead atoms. The summed E-state index contributed by atoms with van der Waals surface area (Å²) in [5.41, 5.74) is 2.47. The third-order valence-electron chi connectivity index (χ3n) is 3.66. The number of halogens is 1. The highest BCUT2D eigenvalue weighted by Gasteiger charge is 2.30. The zero-order chi connectivity index (χ0) is 13.6. The van der Waals surface area contributed by atoms with Crippen molar-refractivity contribution in [2.45, 2.75) is 25.6 Å². The molecule has 0 aliphatic carbocycles. The molecule has 0 amide bonds. The van der Waals surface area contributed by atoms with Crippen LogP contribution in [0.2, 0.25) is 0 Å². The molecule has 0 radical (unpaired) electrons. The summed E-state index contributed by atoms with van der Waals surface area (Å²) in [6.07, 6.45) is 1.19. The highest BCUT2D eigenvalue weighted by Crippen LogP contribution is 2.41. The molecule has 0 saturated carbocycles. The Labute approximate surface area is 110 Å². The van der Waals surface area contributed by atoms with Gasteiger partial charge in [0, 0.05) is 30.3 Å². The molecule has 4 nitrogen and oxygen atoms in total. The molecule has 1 aliphatic heterocycles. The molecule has 1 aromatic carbocycles. The highest BCUT2D eigenvalue weighted by molar-refractivity contribution is 5.39. The predicted molar refractivity (Wildman–Crippen MR) is 67.3 cm³/mol. The van der Waals surface area contributed by atoms with Crippen LogP contribution in [0.1, 0.15) is 35.4 Å². The Bertz CT molecular complexity index is 624. The summed E-state index contributed by atoms with van der Waals surface area (Å²) >= 11 is 0. The number of aliphatic hydroxyl groups is 1. The van der Waals surface area contributed by atoms with Gasteiger partial charge in [-0.2, -0.15) is 5.10 Å². The van der Waals surface area contributed by atoms with E-state index in [9.17, 15) is 9.50 Å². The molecular formula is C14H15FN2O2. The molecule has 0 fully saturated rings. The molecule has 2 heterocycles. The minimum atomic E-state index is -0.718. The van der Waals surface area contributed by atoms with Gasteiger partial charge in [-0.3, -0.25) is 4.68 Å². The molecule has 5 heteroatoms. The summed E-state index contributed by atoms with van der Waals surface area (Å²) in [5.74, 6) is 0.172. The molecule has 2 aromatic rings. The Morgan fingerprint density at radius 1 is 1.42 bits per heavy atom. The molecule has 1 aliphatic rings. The maximum atomic E-state index is 13.2. The lowest BCUT2D eigenvalue weighted by Gasteiger charge is -2.29. The summed E-state index contributed by atoms with van der Waals surface area (Å²) in [5, 5.41) is 14.3. The van der Waals surface area contributed by atoms with Crippen molar-refractivity contribution in [2.75, 3.05) is 0 Å². The summed E-state index contributed by atoms with van der Waals surface area (Å²) in [7, 11) is 1.86. The number of aromatic nitrogens is 2. The summed E-state index contributed by atoms with van der Waals surface area (Å²) in [6, 6.07) is 4.22. The van der Waals surface area contributed by atoms with Gasteiger partial charge in [0.15, 0.2) is 0 Å². The zero-order valence-corrected chi connectivity index (χ0v) is 10.8. The van der Waals surface area contributed by atoms with E-state index in [-0.39, 0.29) is 11.9 Å². The number of aryl methyl sites for hydroxylation is 1. The Morgan fingerprint density at radius 3 is 2.89 bits per heavy atom. The molecule has 2 atom stereocenters. The number of hydrogen-bond donors (Lipinski definition) is 1. The normalized spacial score (nSPS) is 21.9. The average Bonchev–Trinajstić information content (AvgIpc) is 2.71. The highest BCUT2D eigenvalue weighted by atomic mass is 19.1. The fourth-order valence-corrected chi connectivity index (χ4v) is 2.44. The SMILES string of the molecule is Cc1c(C2C[C@@H](O)c3cc(F)ccc3O2)cnn1C. The first-order valence-electron chi connectivity index (χ1n) is 6.19. The minimum Gasteiger partial charge on any atom is -0.485 e. The standard InChI is InChI=1S/C14H15FN2O2/c1-8-11(7-16-17(8)2)14-6-12(18)10-5-9(15)3-4-13(10)19-14/h3-5,7,12,14,18H,6H2,1-2H3/t12-,14?/m1/s1. The predicted octanol–water partition coefficient (Wildman–Crippen LogP) is 2.42. The lowest BCUT2D eigenvalue weighted by atomic mass is 9.95. The van der Waals surface area contributed by atoms with E-state index in [4.69, 9.17) is 4.74 Å². The number of nitrogens with zero attached hydrogens (tertiary/aromatic N) is 2. The fourth-order valence-electron chi connectivity index (χ4n) is 2.44. The van der Waals surface area contributed by atoms with Crippen molar-refractivity contribution < 1.29 is 14.2 Å². The molecule has 1 unspecified atom stereocenters. The van der Waals surface area contributed by atoms with Crippen molar-refractivity contribution in [3.05, 3.63) is 47.0 Å². The Hall–Kier alpha value is -1.88. The third-order valence-corrected chi connectivity index (χ3v) is 3.66. The first-order valence-corrected chi connectivity index (χ1v) is 6.19.